The molecule has 10 rings (SSSR count). The number of hydrogen-bond acceptors (Lipinski definition) is 5. The standard InChI is InChI=1S/C46H28N4O/c1-3-13-30(14-4-1)35-25-26-38(37-20-10-9-19-36(35)37)44-48-43(32-15-5-2-6-16-32)49-45(50-44)39-21-11-18-31-24-27-40-42(41(31)39)51-46(47-40)34-23-22-29-12-7-8-17-33(29)28-34/h1-28H. The van der Waals surface area contributed by atoms with E-state index < -0.39 is 0 Å². The Bertz CT molecular complexity index is 2920. The zero-order chi connectivity index (χ0) is 33.7. The third-order valence-corrected chi connectivity index (χ3v) is 9.55. The fourth-order valence-corrected chi connectivity index (χ4v) is 7.08. The van der Waals surface area contributed by atoms with Gasteiger partial charge < -0.3 is 4.42 Å². The van der Waals surface area contributed by atoms with Crippen LogP contribution in [-0.4, -0.2) is 19.9 Å². The monoisotopic (exact) mass is 652 g/mol. The molecule has 5 heteroatoms. The van der Waals surface area contributed by atoms with Crippen LogP contribution in [0.3, 0.4) is 0 Å². The van der Waals surface area contributed by atoms with Gasteiger partial charge in [0.2, 0.25) is 5.89 Å². The molecule has 0 aliphatic heterocycles. The van der Waals surface area contributed by atoms with E-state index in [2.05, 4.69) is 109 Å². The van der Waals surface area contributed by atoms with Crippen LogP contribution in [0.15, 0.2) is 174 Å². The lowest BCUT2D eigenvalue weighted by Crippen LogP contribution is -2.01. The molecule has 10 aromatic rings. The summed E-state index contributed by atoms with van der Waals surface area (Å²) < 4.78 is 6.64. The Morgan fingerprint density at radius 3 is 1.76 bits per heavy atom. The van der Waals surface area contributed by atoms with Crippen LogP contribution in [0.1, 0.15) is 0 Å². The van der Waals surface area contributed by atoms with E-state index in [0.29, 0.717) is 28.9 Å². The highest BCUT2D eigenvalue weighted by Gasteiger charge is 2.20. The molecule has 0 saturated heterocycles. The van der Waals surface area contributed by atoms with Gasteiger partial charge in [-0.3, -0.25) is 0 Å². The lowest BCUT2D eigenvalue weighted by Gasteiger charge is -2.13. The van der Waals surface area contributed by atoms with Crippen molar-refractivity contribution in [1.29, 1.82) is 0 Å². The molecule has 0 amide bonds. The normalized spacial score (nSPS) is 11.5. The molecule has 238 valence electrons. The minimum atomic E-state index is 0.567. The van der Waals surface area contributed by atoms with E-state index in [-0.39, 0.29) is 0 Å². The van der Waals surface area contributed by atoms with Gasteiger partial charge in [-0.25, -0.2) is 19.9 Å². The van der Waals surface area contributed by atoms with E-state index in [1.54, 1.807) is 0 Å². The largest absolute Gasteiger partial charge is 0.435 e. The Morgan fingerprint density at radius 2 is 0.961 bits per heavy atom. The van der Waals surface area contributed by atoms with Gasteiger partial charge in [0.1, 0.15) is 5.52 Å². The summed E-state index contributed by atoms with van der Waals surface area (Å²) in [4.78, 5) is 20.4. The van der Waals surface area contributed by atoms with Gasteiger partial charge in [-0.1, -0.05) is 146 Å². The second kappa shape index (κ2) is 11.9. The average molecular weight is 653 g/mol. The van der Waals surface area contributed by atoms with E-state index in [9.17, 15) is 0 Å². The number of hydrogen-bond donors (Lipinski definition) is 0. The van der Waals surface area contributed by atoms with Gasteiger partial charge in [-0.2, -0.15) is 0 Å². The van der Waals surface area contributed by atoms with Gasteiger partial charge in [-0.15, -0.1) is 0 Å². The predicted octanol–water partition coefficient (Wildman–Crippen LogP) is 11.8. The van der Waals surface area contributed by atoms with Crippen LogP contribution < -0.4 is 0 Å². The molecule has 51 heavy (non-hydrogen) atoms. The van der Waals surface area contributed by atoms with Crippen LogP contribution in [0.25, 0.3) is 100 Å². The smallest absolute Gasteiger partial charge is 0.227 e. The Morgan fingerprint density at radius 1 is 0.353 bits per heavy atom. The summed E-state index contributed by atoms with van der Waals surface area (Å²) in [5.74, 6) is 2.35. The molecular weight excluding hydrogens is 625 g/mol. The van der Waals surface area contributed by atoms with Crippen LogP contribution in [0.5, 0.6) is 0 Å². The number of fused-ring (bicyclic) bond motifs is 5. The van der Waals surface area contributed by atoms with E-state index in [0.717, 1.165) is 65.8 Å². The van der Waals surface area contributed by atoms with Crippen molar-refractivity contribution in [2.75, 3.05) is 0 Å². The van der Waals surface area contributed by atoms with Gasteiger partial charge >= 0.3 is 0 Å². The molecule has 0 atom stereocenters. The van der Waals surface area contributed by atoms with Crippen molar-refractivity contribution >= 4 is 43.4 Å². The molecule has 0 N–H and O–H groups in total. The molecule has 0 bridgehead atoms. The third-order valence-electron chi connectivity index (χ3n) is 9.55. The van der Waals surface area contributed by atoms with Crippen LogP contribution in [0, 0.1) is 0 Å². The number of oxazole rings is 1. The summed E-state index contributed by atoms with van der Waals surface area (Å²) in [6.07, 6.45) is 0. The molecule has 0 saturated carbocycles. The van der Waals surface area contributed by atoms with Crippen LogP contribution in [0.2, 0.25) is 0 Å². The Hall–Kier alpha value is -6.98. The average Bonchev–Trinajstić information content (AvgIpc) is 3.66. The summed E-state index contributed by atoms with van der Waals surface area (Å²) in [7, 11) is 0. The number of aromatic nitrogens is 4. The van der Waals surface area contributed by atoms with Gasteiger partial charge in [0.15, 0.2) is 23.1 Å². The maximum Gasteiger partial charge on any atom is 0.227 e. The highest BCUT2D eigenvalue weighted by atomic mass is 16.3. The first-order chi connectivity index (χ1) is 25.3. The summed E-state index contributed by atoms with van der Waals surface area (Å²) in [6.45, 7) is 0. The summed E-state index contributed by atoms with van der Waals surface area (Å²) >= 11 is 0. The molecule has 2 aromatic heterocycles. The zero-order valence-electron chi connectivity index (χ0n) is 27.4. The van der Waals surface area contributed by atoms with Crippen molar-refractivity contribution in [3.8, 4) is 56.7 Å². The molecule has 0 fully saturated rings. The maximum atomic E-state index is 6.64. The lowest BCUT2D eigenvalue weighted by atomic mass is 9.94. The minimum absolute atomic E-state index is 0.567. The molecule has 0 aliphatic carbocycles. The molecule has 0 radical (unpaired) electrons. The Balaban J connectivity index is 1.20. The van der Waals surface area contributed by atoms with Crippen molar-refractivity contribution in [1.82, 2.24) is 19.9 Å². The number of nitrogens with zero attached hydrogens (tertiary/aromatic N) is 4. The minimum Gasteiger partial charge on any atom is -0.435 e. The van der Waals surface area contributed by atoms with Crippen molar-refractivity contribution < 1.29 is 4.42 Å². The van der Waals surface area contributed by atoms with Crippen molar-refractivity contribution in [2.24, 2.45) is 0 Å². The fraction of sp³-hybridized carbons (Fsp3) is 0. The second-order valence-corrected chi connectivity index (χ2v) is 12.6. The molecule has 8 aromatic carbocycles. The zero-order valence-corrected chi connectivity index (χ0v) is 27.4. The van der Waals surface area contributed by atoms with Gasteiger partial charge in [-0.05, 0) is 62.3 Å². The topological polar surface area (TPSA) is 64.7 Å². The van der Waals surface area contributed by atoms with E-state index in [4.69, 9.17) is 24.4 Å². The van der Waals surface area contributed by atoms with E-state index in [1.807, 2.05) is 60.7 Å². The highest BCUT2D eigenvalue weighted by molar-refractivity contribution is 6.11. The van der Waals surface area contributed by atoms with Crippen LogP contribution in [0.4, 0.5) is 0 Å². The van der Waals surface area contributed by atoms with Crippen LogP contribution in [-0.2, 0) is 0 Å². The van der Waals surface area contributed by atoms with Crippen molar-refractivity contribution in [2.45, 2.75) is 0 Å². The lowest BCUT2D eigenvalue weighted by molar-refractivity contribution is 0.623. The van der Waals surface area contributed by atoms with Gasteiger partial charge in [0.05, 0.1) is 0 Å². The van der Waals surface area contributed by atoms with E-state index >= 15 is 0 Å². The fourth-order valence-electron chi connectivity index (χ4n) is 7.08. The summed E-state index contributed by atoms with van der Waals surface area (Å²) in [5.41, 5.74) is 7.43. The van der Waals surface area contributed by atoms with Gasteiger partial charge in [0.25, 0.3) is 0 Å². The first kappa shape index (κ1) is 29.0. The number of rotatable bonds is 5. The van der Waals surface area contributed by atoms with Crippen LogP contribution >= 0.6 is 0 Å². The molecule has 0 aliphatic rings. The summed E-state index contributed by atoms with van der Waals surface area (Å²) in [6, 6.07) is 58.2. The first-order valence-electron chi connectivity index (χ1n) is 17.0. The Labute approximate surface area is 293 Å². The highest BCUT2D eigenvalue weighted by Crippen LogP contribution is 2.39. The van der Waals surface area contributed by atoms with Gasteiger partial charge in [0, 0.05) is 27.6 Å². The Kier molecular flexibility index (Phi) is 6.74. The van der Waals surface area contributed by atoms with Crippen molar-refractivity contribution in [3.05, 3.63) is 170 Å². The second-order valence-electron chi connectivity index (χ2n) is 12.6. The van der Waals surface area contributed by atoms with Crippen molar-refractivity contribution in [3.63, 3.8) is 0 Å². The first-order valence-corrected chi connectivity index (χ1v) is 17.0. The molecule has 0 unspecified atom stereocenters. The SMILES string of the molecule is c1ccc(-c2nc(-c3ccc(-c4ccccc4)c4ccccc34)nc(-c3cccc4ccc5nc(-c6ccc7ccccc7c6)oc5c34)n2)cc1. The third kappa shape index (κ3) is 5.03. The molecule has 2 heterocycles. The molecule has 0 spiro atoms. The summed E-state index contributed by atoms with van der Waals surface area (Å²) in [5, 5.41) is 6.45. The molecular formula is C46H28N4O. The predicted molar refractivity (Wildman–Crippen MR) is 207 cm³/mol. The van der Waals surface area contributed by atoms with E-state index in [1.165, 1.54) is 5.39 Å². The molecule has 5 nitrogen and oxygen atoms in total. The number of benzene rings is 8. The maximum absolute atomic E-state index is 6.64. The quantitative estimate of drug-likeness (QED) is 0.185.